The van der Waals surface area contributed by atoms with E-state index >= 15 is 0 Å². The van der Waals surface area contributed by atoms with Gasteiger partial charge in [0.2, 0.25) is 0 Å². The van der Waals surface area contributed by atoms with Crippen molar-refractivity contribution < 1.29 is 19.8 Å². The Hall–Kier alpha value is -1.52. The minimum absolute atomic E-state index is 0.0413. The van der Waals surface area contributed by atoms with Crippen LogP contribution in [0.3, 0.4) is 0 Å². The number of carboxylic acid groups (broad SMARTS) is 1. The van der Waals surface area contributed by atoms with E-state index < -0.39 is 17.9 Å². The van der Waals surface area contributed by atoms with Crippen molar-refractivity contribution in [3.8, 4) is 0 Å². The molecule has 1 aliphatic heterocycles. The molecule has 1 amide bonds. The molecule has 5 nitrogen and oxygen atoms in total. The first-order valence-corrected chi connectivity index (χ1v) is 6.35. The number of carboxylic acids is 1. The lowest BCUT2D eigenvalue weighted by Gasteiger charge is -2.24. The maximum absolute atomic E-state index is 11.9. The average Bonchev–Trinajstić information content (AvgIpc) is 2.57. The largest absolute Gasteiger partial charge is 0.503 e. The molecule has 0 aliphatic carbocycles. The second-order valence-corrected chi connectivity index (χ2v) is 4.96. The number of aliphatic carboxylic acids is 1. The van der Waals surface area contributed by atoms with E-state index in [1.54, 1.807) is 0 Å². The summed E-state index contributed by atoms with van der Waals surface area (Å²) < 4.78 is 0. The zero-order chi connectivity index (χ0) is 13.9. The van der Waals surface area contributed by atoms with Crippen molar-refractivity contribution in [2.45, 2.75) is 46.1 Å². The van der Waals surface area contributed by atoms with E-state index in [1.165, 1.54) is 4.90 Å². The molecule has 0 saturated carbocycles. The lowest BCUT2D eigenvalue weighted by molar-refractivity contribution is -0.148. The molecule has 0 saturated heterocycles. The Morgan fingerprint density at radius 2 is 2.06 bits per heavy atom. The van der Waals surface area contributed by atoms with Gasteiger partial charge in [-0.3, -0.25) is 4.79 Å². The summed E-state index contributed by atoms with van der Waals surface area (Å²) in [6, 6.07) is -0.837. The fraction of sp³-hybridized carbons (Fsp3) is 0.692. The van der Waals surface area contributed by atoms with E-state index in [0.717, 1.165) is 12.8 Å². The lowest BCUT2D eigenvalue weighted by atomic mass is 10.0. The van der Waals surface area contributed by atoms with Gasteiger partial charge in [0.05, 0.1) is 0 Å². The van der Waals surface area contributed by atoms with E-state index in [-0.39, 0.29) is 18.2 Å². The van der Waals surface area contributed by atoms with Crippen molar-refractivity contribution in [1.29, 1.82) is 0 Å². The summed E-state index contributed by atoms with van der Waals surface area (Å²) in [4.78, 5) is 24.4. The standard InChI is InChI=1S/C13H21NO4/c1-4-5-6-10(13(17)18)14-7-9(8(2)3)11(15)12(14)16/h8,10,15H,4-7H2,1-3H3,(H,17,18). The highest BCUT2D eigenvalue weighted by molar-refractivity contribution is 5.97. The van der Waals surface area contributed by atoms with Crippen LogP contribution in [-0.2, 0) is 9.59 Å². The van der Waals surface area contributed by atoms with Crippen LogP contribution in [0, 0.1) is 5.92 Å². The summed E-state index contributed by atoms with van der Waals surface area (Å²) in [5, 5.41) is 18.9. The van der Waals surface area contributed by atoms with Crippen LogP contribution in [0.1, 0.15) is 40.0 Å². The van der Waals surface area contributed by atoms with Gasteiger partial charge in [-0.15, -0.1) is 0 Å². The zero-order valence-corrected chi connectivity index (χ0v) is 11.1. The minimum Gasteiger partial charge on any atom is -0.503 e. The highest BCUT2D eigenvalue weighted by atomic mass is 16.4. The molecule has 2 N–H and O–H groups in total. The SMILES string of the molecule is CCCCC(C(=O)O)N1CC(C(C)C)=C(O)C1=O. The normalized spacial score (nSPS) is 17.8. The Bertz CT molecular complexity index is 373. The summed E-state index contributed by atoms with van der Waals surface area (Å²) in [7, 11) is 0. The quantitative estimate of drug-likeness (QED) is 0.760. The van der Waals surface area contributed by atoms with Gasteiger partial charge in [-0.1, -0.05) is 33.6 Å². The predicted octanol–water partition coefficient (Wildman–Crippen LogP) is 1.94. The number of hydrogen-bond donors (Lipinski definition) is 2. The highest BCUT2D eigenvalue weighted by Crippen LogP contribution is 2.26. The molecule has 1 aliphatic rings. The van der Waals surface area contributed by atoms with Gasteiger partial charge in [0.25, 0.3) is 5.91 Å². The van der Waals surface area contributed by atoms with E-state index in [0.29, 0.717) is 12.0 Å². The van der Waals surface area contributed by atoms with Crippen molar-refractivity contribution in [2.24, 2.45) is 5.92 Å². The number of aliphatic hydroxyl groups is 1. The monoisotopic (exact) mass is 255 g/mol. The molecule has 5 heteroatoms. The van der Waals surface area contributed by atoms with Gasteiger partial charge < -0.3 is 15.1 Å². The van der Waals surface area contributed by atoms with Crippen LogP contribution in [-0.4, -0.2) is 39.6 Å². The summed E-state index contributed by atoms with van der Waals surface area (Å²) in [6.45, 7) is 5.96. The Morgan fingerprint density at radius 3 is 2.44 bits per heavy atom. The van der Waals surface area contributed by atoms with Crippen LogP contribution in [0.5, 0.6) is 0 Å². The molecule has 0 aromatic rings. The van der Waals surface area contributed by atoms with Crippen LogP contribution in [0.4, 0.5) is 0 Å². The molecule has 1 unspecified atom stereocenters. The number of hydrogen-bond acceptors (Lipinski definition) is 3. The molecule has 0 radical (unpaired) electrons. The maximum Gasteiger partial charge on any atom is 0.326 e. The summed E-state index contributed by atoms with van der Waals surface area (Å²) in [5.74, 6) is -1.79. The van der Waals surface area contributed by atoms with Crippen molar-refractivity contribution in [2.75, 3.05) is 6.54 Å². The first-order valence-electron chi connectivity index (χ1n) is 6.35. The number of rotatable bonds is 6. The summed E-state index contributed by atoms with van der Waals surface area (Å²) in [6.07, 6.45) is 2.05. The van der Waals surface area contributed by atoms with E-state index in [4.69, 9.17) is 0 Å². The van der Waals surface area contributed by atoms with Crippen LogP contribution < -0.4 is 0 Å². The van der Waals surface area contributed by atoms with Crippen molar-refractivity contribution in [1.82, 2.24) is 4.90 Å². The molecule has 0 bridgehead atoms. The van der Waals surface area contributed by atoms with Gasteiger partial charge in [-0.25, -0.2) is 4.79 Å². The fourth-order valence-electron chi connectivity index (χ4n) is 2.12. The van der Waals surface area contributed by atoms with Crippen molar-refractivity contribution >= 4 is 11.9 Å². The highest BCUT2D eigenvalue weighted by Gasteiger charge is 2.38. The second-order valence-electron chi connectivity index (χ2n) is 4.96. The molecule has 102 valence electrons. The third-order valence-electron chi connectivity index (χ3n) is 3.30. The molecule has 1 heterocycles. The molecule has 0 aromatic heterocycles. The molecule has 0 spiro atoms. The predicted molar refractivity (Wildman–Crippen MR) is 67.2 cm³/mol. The third-order valence-corrected chi connectivity index (χ3v) is 3.30. The van der Waals surface area contributed by atoms with Gasteiger partial charge in [0.1, 0.15) is 6.04 Å². The van der Waals surface area contributed by atoms with Gasteiger partial charge >= 0.3 is 5.97 Å². The van der Waals surface area contributed by atoms with Crippen molar-refractivity contribution in [3.63, 3.8) is 0 Å². The molecule has 1 atom stereocenters. The van der Waals surface area contributed by atoms with Gasteiger partial charge in [-0.05, 0) is 17.9 Å². The number of carbonyl (C=O) groups is 2. The Balaban J connectivity index is 2.85. The molecule has 0 aromatic carbocycles. The second kappa shape index (κ2) is 5.89. The van der Waals surface area contributed by atoms with Crippen LogP contribution >= 0.6 is 0 Å². The number of nitrogens with zero attached hydrogens (tertiary/aromatic N) is 1. The summed E-state index contributed by atoms with van der Waals surface area (Å²) in [5.41, 5.74) is 0.628. The number of aliphatic hydroxyl groups excluding tert-OH is 1. The van der Waals surface area contributed by atoms with E-state index in [9.17, 15) is 19.8 Å². The number of unbranched alkanes of at least 4 members (excludes halogenated alkanes) is 1. The average molecular weight is 255 g/mol. The Kier molecular flexibility index (Phi) is 4.76. The van der Waals surface area contributed by atoms with Crippen LogP contribution in [0.2, 0.25) is 0 Å². The molecule has 18 heavy (non-hydrogen) atoms. The first-order chi connectivity index (χ1) is 8.40. The first kappa shape index (κ1) is 14.5. The smallest absolute Gasteiger partial charge is 0.326 e. The van der Waals surface area contributed by atoms with Crippen molar-refractivity contribution in [3.05, 3.63) is 11.3 Å². The van der Waals surface area contributed by atoms with E-state index in [2.05, 4.69) is 0 Å². The number of carbonyl (C=O) groups excluding carboxylic acids is 1. The molecular weight excluding hydrogens is 234 g/mol. The fourth-order valence-corrected chi connectivity index (χ4v) is 2.12. The number of amides is 1. The minimum atomic E-state index is -1.00. The van der Waals surface area contributed by atoms with Gasteiger partial charge in [0, 0.05) is 6.54 Å². The van der Waals surface area contributed by atoms with Crippen LogP contribution in [0.15, 0.2) is 11.3 Å². The maximum atomic E-state index is 11.9. The van der Waals surface area contributed by atoms with E-state index in [1.807, 2.05) is 20.8 Å². The lowest BCUT2D eigenvalue weighted by Crippen LogP contribution is -2.43. The topological polar surface area (TPSA) is 77.8 Å². The molecule has 1 rings (SSSR count). The molecule has 0 fully saturated rings. The Labute approximate surface area is 107 Å². The Morgan fingerprint density at radius 1 is 1.44 bits per heavy atom. The third kappa shape index (κ3) is 2.83. The van der Waals surface area contributed by atoms with Gasteiger partial charge in [-0.2, -0.15) is 0 Å². The molecular formula is C13H21NO4. The van der Waals surface area contributed by atoms with Gasteiger partial charge in [0.15, 0.2) is 5.76 Å². The summed E-state index contributed by atoms with van der Waals surface area (Å²) >= 11 is 0. The zero-order valence-electron chi connectivity index (χ0n) is 11.1. The van der Waals surface area contributed by atoms with Crippen LogP contribution in [0.25, 0.3) is 0 Å².